The molecule has 0 saturated carbocycles. The van der Waals surface area contributed by atoms with E-state index < -0.39 is 24.7 Å². The van der Waals surface area contributed by atoms with Gasteiger partial charge in [0.25, 0.3) is 5.91 Å². The highest BCUT2D eigenvalue weighted by atomic mass is 16.5. The summed E-state index contributed by atoms with van der Waals surface area (Å²) in [6.45, 7) is -0.565. The van der Waals surface area contributed by atoms with E-state index in [2.05, 4.69) is 10.3 Å². The number of carbonyl (C=O) groups is 1. The van der Waals surface area contributed by atoms with Gasteiger partial charge in [0.1, 0.15) is 6.10 Å². The average Bonchev–Trinajstić information content (AvgIpc) is 2.35. The average molecular weight is 226 g/mol. The summed E-state index contributed by atoms with van der Waals surface area (Å²) in [4.78, 5) is 15.2. The first kappa shape index (κ1) is 12.4. The van der Waals surface area contributed by atoms with Crippen molar-refractivity contribution in [2.24, 2.45) is 0 Å². The van der Waals surface area contributed by atoms with Gasteiger partial charge in [-0.15, -0.1) is 0 Å². The molecule has 0 saturated heterocycles. The Morgan fingerprint density at radius 3 is 2.88 bits per heavy atom. The van der Waals surface area contributed by atoms with Crippen molar-refractivity contribution < 1.29 is 19.7 Å². The molecule has 6 heteroatoms. The molecule has 0 radical (unpaired) electrons. The van der Waals surface area contributed by atoms with Crippen LogP contribution in [0.4, 0.5) is 0 Å². The summed E-state index contributed by atoms with van der Waals surface area (Å²) in [7, 11) is 1.42. The Balaban J connectivity index is 2.75. The highest BCUT2D eigenvalue weighted by Crippen LogP contribution is 2.09. The number of hydrogen-bond donors (Lipinski definition) is 3. The van der Waals surface area contributed by atoms with Crippen molar-refractivity contribution in [3.05, 3.63) is 24.4 Å². The first-order chi connectivity index (χ1) is 7.69. The number of nitrogens with one attached hydrogen (secondary N) is 1. The highest BCUT2D eigenvalue weighted by molar-refractivity contribution is 5.81. The van der Waals surface area contributed by atoms with E-state index in [0.29, 0.717) is 0 Å². The van der Waals surface area contributed by atoms with Crippen LogP contribution in [0.1, 0.15) is 0 Å². The molecule has 0 aliphatic rings. The monoisotopic (exact) mass is 226 g/mol. The Morgan fingerprint density at radius 1 is 1.62 bits per heavy atom. The molecule has 0 aromatic carbocycles. The standard InChI is InChI=1S/C10H14N2O4/c1-11-10(15)9(7(14)6-13)16-8-4-2-3-5-12-8/h2-5,7,9,13-14H,6H2,1H3,(H,11,15). The van der Waals surface area contributed by atoms with Gasteiger partial charge >= 0.3 is 0 Å². The third-order valence-electron chi connectivity index (χ3n) is 1.93. The zero-order chi connectivity index (χ0) is 12.0. The lowest BCUT2D eigenvalue weighted by Crippen LogP contribution is -2.46. The van der Waals surface area contributed by atoms with E-state index in [1.54, 1.807) is 18.2 Å². The van der Waals surface area contributed by atoms with E-state index in [1.165, 1.54) is 13.2 Å². The SMILES string of the molecule is CNC(=O)C(Oc1ccccn1)C(O)CO. The van der Waals surface area contributed by atoms with Crippen LogP contribution in [0.5, 0.6) is 5.88 Å². The molecule has 0 bridgehead atoms. The van der Waals surface area contributed by atoms with E-state index in [-0.39, 0.29) is 5.88 Å². The molecule has 1 amide bonds. The molecule has 1 aromatic heterocycles. The first-order valence-electron chi connectivity index (χ1n) is 4.77. The fourth-order valence-corrected chi connectivity index (χ4v) is 1.09. The number of aliphatic hydroxyl groups is 2. The van der Waals surface area contributed by atoms with Crippen LogP contribution in [0.3, 0.4) is 0 Å². The van der Waals surface area contributed by atoms with Crippen molar-refractivity contribution in [2.45, 2.75) is 12.2 Å². The summed E-state index contributed by atoms with van der Waals surface area (Å²) >= 11 is 0. The van der Waals surface area contributed by atoms with Crippen molar-refractivity contribution >= 4 is 5.91 Å². The molecule has 2 atom stereocenters. The molecule has 2 unspecified atom stereocenters. The third-order valence-corrected chi connectivity index (χ3v) is 1.93. The number of likely N-dealkylation sites (N-methyl/N-ethyl adjacent to an activating group) is 1. The van der Waals surface area contributed by atoms with Crippen LogP contribution in [-0.4, -0.2) is 47.0 Å². The number of aromatic nitrogens is 1. The van der Waals surface area contributed by atoms with Gasteiger partial charge in [-0.05, 0) is 6.07 Å². The number of aliphatic hydroxyl groups excluding tert-OH is 2. The summed E-state index contributed by atoms with van der Waals surface area (Å²) in [6, 6.07) is 4.94. The van der Waals surface area contributed by atoms with Gasteiger partial charge in [-0.1, -0.05) is 6.07 Å². The third kappa shape index (κ3) is 3.18. The fourth-order valence-electron chi connectivity index (χ4n) is 1.09. The van der Waals surface area contributed by atoms with Crippen LogP contribution in [0, 0.1) is 0 Å². The minimum Gasteiger partial charge on any atom is -0.461 e. The molecule has 0 fully saturated rings. The van der Waals surface area contributed by atoms with Crippen molar-refractivity contribution in [1.29, 1.82) is 0 Å². The van der Waals surface area contributed by atoms with Gasteiger partial charge in [0.05, 0.1) is 6.61 Å². The van der Waals surface area contributed by atoms with Gasteiger partial charge in [0.15, 0.2) is 0 Å². The summed E-state index contributed by atoms with van der Waals surface area (Å²) in [6.07, 6.45) is -0.964. The maximum atomic E-state index is 11.4. The van der Waals surface area contributed by atoms with Crippen molar-refractivity contribution in [1.82, 2.24) is 10.3 Å². The molecule has 0 aliphatic carbocycles. The van der Waals surface area contributed by atoms with Crippen molar-refractivity contribution in [3.63, 3.8) is 0 Å². The van der Waals surface area contributed by atoms with Gasteiger partial charge in [-0.2, -0.15) is 0 Å². The highest BCUT2D eigenvalue weighted by Gasteiger charge is 2.27. The van der Waals surface area contributed by atoms with Crippen LogP contribution < -0.4 is 10.1 Å². The zero-order valence-corrected chi connectivity index (χ0v) is 8.83. The van der Waals surface area contributed by atoms with Crippen LogP contribution in [-0.2, 0) is 4.79 Å². The summed E-state index contributed by atoms with van der Waals surface area (Å²) in [5.41, 5.74) is 0. The van der Waals surface area contributed by atoms with E-state index in [9.17, 15) is 9.90 Å². The lowest BCUT2D eigenvalue weighted by atomic mass is 10.2. The zero-order valence-electron chi connectivity index (χ0n) is 8.83. The molecule has 1 rings (SSSR count). The van der Waals surface area contributed by atoms with Crippen molar-refractivity contribution in [3.8, 4) is 5.88 Å². The van der Waals surface area contributed by atoms with Gasteiger partial charge in [0.2, 0.25) is 12.0 Å². The van der Waals surface area contributed by atoms with Crippen LogP contribution in [0.15, 0.2) is 24.4 Å². The second kappa shape index (κ2) is 6.04. The maximum Gasteiger partial charge on any atom is 0.263 e. The van der Waals surface area contributed by atoms with Crippen LogP contribution >= 0.6 is 0 Å². The summed E-state index contributed by atoms with van der Waals surface area (Å²) < 4.78 is 5.19. The van der Waals surface area contributed by atoms with E-state index in [0.717, 1.165) is 0 Å². The second-order valence-electron chi connectivity index (χ2n) is 3.07. The molecule has 88 valence electrons. The van der Waals surface area contributed by atoms with Gasteiger partial charge in [-0.3, -0.25) is 4.79 Å². The second-order valence-corrected chi connectivity index (χ2v) is 3.07. The Morgan fingerprint density at radius 2 is 2.38 bits per heavy atom. The Hall–Kier alpha value is -1.66. The van der Waals surface area contributed by atoms with E-state index in [4.69, 9.17) is 9.84 Å². The van der Waals surface area contributed by atoms with E-state index in [1.807, 2.05) is 0 Å². The molecular weight excluding hydrogens is 212 g/mol. The number of carbonyl (C=O) groups excluding carboxylic acids is 1. The van der Waals surface area contributed by atoms with Crippen LogP contribution in [0.25, 0.3) is 0 Å². The smallest absolute Gasteiger partial charge is 0.263 e. The minimum atomic E-state index is -1.29. The Kier molecular flexibility index (Phi) is 4.68. The molecule has 3 N–H and O–H groups in total. The number of rotatable bonds is 5. The van der Waals surface area contributed by atoms with Gasteiger partial charge in [0, 0.05) is 19.3 Å². The summed E-state index contributed by atoms with van der Waals surface area (Å²) in [5.74, 6) is -0.309. The Labute approximate surface area is 92.9 Å². The quantitative estimate of drug-likeness (QED) is 0.594. The van der Waals surface area contributed by atoms with Crippen LogP contribution in [0.2, 0.25) is 0 Å². The topological polar surface area (TPSA) is 91.7 Å². The number of amides is 1. The lowest BCUT2D eigenvalue weighted by molar-refractivity contribution is -0.134. The summed E-state index contributed by atoms with van der Waals surface area (Å²) in [5, 5.41) is 20.6. The molecule has 6 nitrogen and oxygen atoms in total. The molecule has 1 aromatic rings. The van der Waals surface area contributed by atoms with Crippen molar-refractivity contribution in [2.75, 3.05) is 13.7 Å². The molecule has 1 heterocycles. The Bertz CT molecular complexity index is 331. The lowest BCUT2D eigenvalue weighted by Gasteiger charge is -2.20. The van der Waals surface area contributed by atoms with Gasteiger partial charge in [-0.25, -0.2) is 4.98 Å². The minimum absolute atomic E-state index is 0.212. The normalized spacial score (nSPS) is 13.9. The predicted octanol–water partition coefficient (Wildman–Crippen LogP) is -1.07. The van der Waals surface area contributed by atoms with E-state index >= 15 is 0 Å². The fraction of sp³-hybridized carbons (Fsp3) is 0.400. The van der Waals surface area contributed by atoms with Gasteiger partial charge < -0.3 is 20.3 Å². The number of pyridine rings is 1. The maximum absolute atomic E-state index is 11.4. The number of hydrogen-bond acceptors (Lipinski definition) is 5. The predicted molar refractivity (Wildman–Crippen MR) is 55.8 cm³/mol. The number of ether oxygens (including phenoxy) is 1. The number of nitrogens with zero attached hydrogens (tertiary/aromatic N) is 1. The molecule has 16 heavy (non-hydrogen) atoms. The molecule has 0 spiro atoms. The first-order valence-corrected chi connectivity index (χ1v) is 4.77. The largest absolute Gasteiger partial charge is 0.461 e. The molecular formula is C10H14N2O4. The molecule has 0 aliphatic heterocycles.